The zero-order chi connectivity index (χ0) is 11.4. The molecule has 5 nitrogen and oxygen atoms in total. The second kappa shape index (κ2) is 4.95. The number of carbonyl (C=O) groups is 1. The minimum Gasteiger partial charge on any atom is -0.508 e. The number of aliphatic hydroxyl groups excluding tert-OH is 1. The SMILES string of the molecule is CC(C)(C)OC(=O)/C(N=O)=C(\O)CCl. The maximum atomic E-state index is 11.2. The first-order valence-corrected chi connectivity index (χ1v) is 4.40. The van der Waals surface area contributed by atoms with Crippen LogP contribution in [-0.2, 0) is 9.53 Å². The molecule has 0 saturated heterocycles. The number of nitroso groups, excluding NO2 is 1. The standard InChI is InChI=1S/C8H12ClNO4/c1-8(2,3)14-7(12)6(10-13)5(11)4-9/h11H,4H2,1-3H3/b6-5+. The first-order valence-electron chi connectivity index (χ1n) is 3.86. The van der Waals surface area contributed by atoms with Crippen molar-refractivity contribution < 1.29 is 14.6 Å². The van der Waals surface area contributed by atoms with Gasteiger partial charge in [0, 0.05) is 0 Å². The number of allylic oxidation sites excluding steroid dienone is 1. The van der Waals surface area contributed by atoms with Crippen molar-refractivity contribution in [3.8, 4) is 0 Å². The second-order valence-electron chi connectivity index (χ2n) is 3.52. The number of ether oxygens (including phenoxy) is 1. The van der Waals surface area contributed by atoms with Crippen LogP contribution in [0.25, 0.3) is 0 Å². The number of alkyl halides is 1. The maximum Gasteiger partial charge on any atom is 0.364 e. The first kappa shape index (κ1) is 12.9. The Morgan fingerprint density at radius 3 is 2.29 bits per heavy atom. The van der Waals surface area contributed by atoms with Gasteiger partial charge in [0.1, 0.15) is 11.4 Å². The minimum absolute atomic E-state index is 0.361. The largest absolute Gasteiger partial charge is 0.508 e. The lowest BCUT2D eigenvalue weighted by Gasteiger charge is -2.18. The zero-order valence-electron chi connectivity index (χ0n) is 8.20. The molecule has 0 fully saturated rings. The van der Waals surface area contributed by atoms with Crippen LogP contribution in [0.3, 0.4) is 0 Å². The van der Waals surface area contributed by atoms with Gasteiger partial charge in [0.2, 0.25) is 5.70 Å². The minimum atomic E-state index is -0.981. The van der Waals surface area contributed by atoms with Crippen LogP contribution in [-0.4, -0.2) is 22.6 Å². The average molecular weight is 222 g/mol. The van der Waals surface area contributed by atoms with Crippen LogP contribution >= 0.6 is 11.6 Å². The molecule has 0 aliphatic carbocycles. The van der Waals surface area contributed by atoms with Crippen molar-refractivity contribution in [1.82, 2.24) is 0 Å². The lowest BCUT2D eigenvalue weighted by molar-refractivity contribution is -0.150. The smallest absolute Gasteiger partial charge is 0.364 e. The van der Waals surface area contributed by atoms with E-state index in [1.807, 2.05) is 0 Å². The third-order valence-electron chi connectivity index (χ3n) is 1.08. The number of esters is 1. The van der Waals surface area contributed by atoms with Crippen LogP contribution in [0.15, 0.2) is 16.6 Å². The highest BCUT2D eigenvalue weighted by atomic mass is 35.5. The van der Waals surface area contributed by atoms with Crippen LogP contribution in [0.1, 0.15) is 20.8 Å². The third kappa shape index (κ3) is 4.23. The van der Waals surface area contributed by atoms with E-state index >= 15 is 0 Å². The van der Waals surface area contributed by atoms with Gasteiger partial charge in [-0.05, 0) is 25.9 Å². The molecule has 0 rings (SSSR count). The molecule has 0 radical (unpaired) electrons. The lowest BCUT2D eigenvalue weighted by atomic mass is 10.2. The Morgan fingerprint density at radius 1 is 1.50 bits per heavy atom. The fourth-order valence-electron chi connectivity index (χ4n) is 0.597. The van der Waals surface area contributed by atoms with Crippen LogP contribution in [0.5, 0.6) is 0 Å². The van der Waals surface area contributed by atoms with E-state index in [9.17, 15) is 9.70 Å². The van der Waals surface area contributed by atoms with E-state index in [1.54, 1.807) is 20.8 Å². The summed E-state index contributed by atoms with van der Waals surface area (Å²) in [6.07, 6.45) is 0. The van der Waals surface area contributed by atoms with Crippen molar-refractivity contribution in [3.63, 3.8) is 0 Å². The van der Waals surface area contributed by atoms with Crippen molar-refractivity contribution in [2.45, 2.75) is 26.4 Å². The Hall–Kier alpha value is -1.10. The summed E-state index contributed by atoms with van der Waals surface area (Å²) >= 11 is 5.23. The molecule has 0 spiro atoms. The number of hydrogen-bond donors (Lipinski definition) is 1. The maximum absolute atomic E-state index is 11.2. The number of aliphatic hydroxyl groups is 1. The molecule has 0 aliphatic heterocycles. The predicted octanol–water partition coefficient (Wildman–Crippen LogP) is 2.10. The monoisotopic (exact) mass is 221 g/mol. The number of halogens is 1. The molecular formula is C8H12ClNO4. The van der Waals surface area contributed by atoms with E-state index in [2.05, 4.69) is 5.18 Å². The Morgan fingerprint density at radius 2 is 2.00 bits per heavy atom. The molecule has 0 heterocycles. The summed E-state index contributed by atoms with van der Waals surface area (Å²) in [5, 5.41) is 11.4. The number of rotatable bonds is 3. The number of nitrogens with zero attached hydrogens (tertiary/aromatic N) is 1. The van der Waals surface area contributed by atoms with E-state index in [4.69, 9.17) is 21.4 Å². The Labute approximate surface area is 86.7 Å². The van der Waals surface area contributed by atoms with E-state index in [1.165, 1.54) is 0 Å². The highest BCUT2D eigenvalue weighted by Gasteiger charge is 2.23. The molecule has 0 unspecified atom stereocenters. The summed E-state index contributed by atoms with van der Waals surface area (Å²) in [7, 11) is 0. The van der Waals surface area contributed by atoms with Gasteiger partial charge in [-0.15, -0.1) is 16.5 Å². The molecule has 0 bridgehead atoms. The quantitative estimate of drug-likeness (QED) is 0.260. The van der Waals surface area contributed by atoms with Gasteiger partial charge in [-0.2, -0.15) is 0 Å². The van der Waals surface area contributed by atoms with Gasteiger partial charge in [-0.3, -0.25) is 0 Å². The van der Waals surface area contributed by atoms with Gasteiger partial charge >= 0.3 is 5.97 Å². The second-order valence-corrected chi connectivity index (χ2v) is 3.79. The Kier molecular flexibility index (Phi) is 4.56. The first-order chi connectivity index (χ1) is 6.31. The molecule has 0 aromatic carbocycles. The normalized spacial score (nSPS) is 13.1. The average Bonchev–Trinajstić information content (AvgIpc) is 2.01. The third-order valence-corrected chi connectivity index (χ3v) is 1.34. The van der Waals surface area contributed by atoms with Crippen LogP contribution < -0.4 is 0 Å². The van der Waals surface area contributed by atoms with Crippen LogP contribution in [0.4, 0.5) is 0 Å². The summed E-state index contributed by atoms with van der Waals surface area (Å²) < 4.78 is 4.80. The Bertz CT molecular complexity index is 267. The van der Waals surface area contributed by atoms with Crippen molar-refractivity contribution >= 4 is 17.6 Å². The van der Waals surface area contributed by atoms with Gasteiger partial charge in [-0.25, -0.2) is 4.79 Å². The van der Waals surface area contributed by atoms with Crippen molar-refractivity contribution in [3.05, 3.63) is 16.4 Å². The van der Waals surface area contributed by atoms with Crippen molar-refractivity contribution in [1.29, 1.82) is 0 Å². The fourth-order valence-corrected chi connectivity index (χ4v) is 0.724. The van der Waals surface area contributed by atoms with Gasteiger partial charge in [0.05, 0.1) is 5.88 Å². The van der Waals surface area contributed by atoms with E-state index in [-0.39, 0.29) is 5.88 Å². The summed E-state index contributed by atoms with van der Waals surface area (Å²) in [5.41, 5.74) is -1.44. The summed E-state index contributed by atoms with van der Waals surface area (Å²) in [6, 6.07) is 0. The highest BCUT2D eigenvalue weighted by molar-refractivity contribution is 6.19. The molecule has 14 heavy (non-hydrogen) atoms. The Balaban J connectivity index is 4.74. The summed E-state index contributed by atoms with van der Waals surface area (Å²) in [4.78, 5) is 21.4. The topological polar surface area (TPSA) is 76.0 Å². The molecular weight excluding hydrogens is 210 g/mol. The predicted molar refractivity (Wildman–Crippen MR) is 52.0 cm³/mol. The fraction of sp³-hybridized carbons (Fsp3) is 0.625. The molecule has 0 amide bonds. The molecule has 1 N–H and O–H groups in total. The highest BCUT2D eigenvalue weighted by Crippen LogP contribution is 2.14. The van der Waals surface area contributed by atoms with Crippen LogP contribution in [0, 0.1) is 4.91 Å². The van der Waals surface area contributed by atoms with Gasteiger partial charge in [-0.1, -0.05) is 0 Å². The van der Waals surface area contributed by atoms with Gasteiger partial charge < -0.3 is 9.84 Å². The lowest BCUT2D eigenvalue weighted by Crippen LogP contribution is -2.25. The molecule has 6 heteroatoms. The molecule has 0 aromatic rings. The molecule has 0 aliphatic rings. The molecule has 80 valence electrons. The van der Waals surface area contributed by atoms with E-state index < -0.39 is 23.0 Å². The summed E-state index contributed by atoms with van der Waals surface area (Å²) in [6.45, 7) is 4.89. The molecule has 0 aromatic heterocycles. The van der Waals surface area contributed by atoms with Crippen molar-refractivity contribution in [2.24, 2.45) is 5.18 Å². The van der Waals surface area contributed by atoms with Crippen molar-refractivity contribution in [2.75, 3.05) is 5.88 Å². The molecule has 0 atom stereocenters. The van der Waals surface area contributed by atoms with E-state index in [0.717, 1.165) is 0 Å². The van der Waals surface area contributed by atoms with Gasteiger partial charge in [0.15, 0.2) is 0 Å². The van der Waals surface area contributed by atoms with Gasteiger partial charge in [0.25, 0.3) is 0 Å². The zero-order valence-corrected chi connectivity index (χ0v) is 8.96. The number of carbonyl (C=O) groups excluding carboxylic acids is 1. The van der Waals surface area contributed by atoms with Crippen LogP contribution in [0.2, 0.25) is 0 Å². The molecule has 0 saturated carbocycles. The number of hydrogen-bond acceptors (Lipinski definition) is 5. The van der Waals surface area contributed by atoms with E-state index in [0.29, 0.717) is 0 Å². The summed E-state index contributed by atoms with van der Waals surface area (Å²) in [5.74, 6) is -1.93.